The Kier molecular flexibility index (Phi) is 6.21. The molecule has 0 saturated heterocycles. The molecule has 0 aliphatic carbocycles. The molecule has 7 nitrogen and oxygen atoms in total. The first-order valence-corrected chi connectivity index (χ1v) is 12.4. The van der Waals surface area contributed by atoms with Crippen molar-refractivity contribution in [1.29, 1.82) is 0 Å². The molecule has 0 saturated carbocycles. The van der Waals surface area contributed by atoms with Gasteiger partial charge in [-0.15, -0.1) is 0 Å². The Labute approximate surface area is 215 Å². The van der Waals surface area contributed by atoms with Crippen LogP contribution >= 0.6 is 0 Å². The summed E-state index contributed by atoms with van der Waals surface area (Å²) in [6.07, 6.45) is 4.39. The van der Waals surface area contributed by atoms with Gasteiger partial charge in [-0.25, -0.2) is 9.58 Å². The molecule has 0 unspecified atom stereocenters. The number of aromatic amines is 1. The molecule has 37 heavy (non-hydrogen) atoms. The molecule has 0 atom stereocenters. The minimum Gasteiger partial charge on any atom is -0.294 e. The second kappa shape index (κ2) is 9.50. The van der Waals surface area contributed by atoms with Gasteiger partial charge < -0.3 is 0 Å². The van der Waals surface area contributed by atoms with Crippen molar-refractivity contribution in [2.45, 2.75) is 40.0 Å². The molecule has 0 radical (unpaired) electrons. The van der Waals surface area contributed by atoms with Crippen LogP contribution < -0.4 is 15.0 Å². The number of aromatic nitrogens is 3. The van der Waals surface area contributed by atoms with E-state index < -0.39 is 11.8 Å². The van der Waals surface area contributed by atoms with Crippen molar-refractivity contribution >= 4 is 28.8 Å². The minimum absolute atomic E-state index is 0.0967. The van der Waals surface area contributed by atoms with E-state index in [2.05, 4.69) is 12.0 Å². The lowest BCUT2D eigenvalue weighted by Gasteiger charge is -2.14. The fraction of sp³-hybridized carbons (Fsp3) is 0.200. The summed E-state index contributed by atoms with van der Waals surface area (Å²) in [5.74, 6) is -1.10. The number of imide groups is 1. The maximum atomic E-state index is 14.1. The number of benzene rings is 2. The molecule has 2 aromatic heterocycles. The zero-order chi connectivity index (χ0) is 26.3. The first-order chi connectivity index (χ1) is 17.8. The molecule has 0 bridgehead atoms. The monoisotopic (exact) mass is 493 g/mol. The number of H-pyrrole nitrogens is 1. The number of para-hydroxylation sites is 1. The van der Waals surface area contributed by atoms with Gasteiger partial charge in [0.15, 0.2) is 12.4 Å². The normalized spacial score (nSPS) is 13.8. The number of nitrogens with zero attached hydrogens (tertiary/aromatic N) is 3. The van der Waals surface area contributed by atoms with E-state index in [0.29, 0.717) is 17.1 Å². The van der Waals surface area contributed by atoms with Crippen LogP contribution in [0.25, 0.3) is 17.0 Å². The average molecular weight is 494 g/mol. The van der Waals surface area contributed by atoms with Crippen LogP contribution in [0.3, 0.4) is 0 Å². The zero-order valence-electron chi connectivity index (χ0n) is 21.4. The molecule has 2 amide bonds. The van der Waals surface area contributed by atoms with Crippen LogP contribution in [0, 0.1) is 6.92 Å². The van der Waals surface area contributed by atoms with Gasteiger partial charge in [-0.1, -0.05) is 56.7 Å². The Morgan fingerprint density at radius 2 is 1.49 bits per heavy atom. The third-order valence-electron chi connectivity index (χ3n) is 6.68. The maximum Gasteiger partial charge on any atom is 0.331 e. The molecule has 5 rings (SSSR count). The van der Waals surface area contributed by atoms with E-state index in [-0.39, 0.29) is 28.3 Å². The van der Waals surface area contributed by atoms with Gasteiger partial charge in [0, 0.05) is 17.8 Å². The highest BCUT2D eigenvalue weighted by molar-refractivity contribution is 6.53. The van der Waals surface area contributed by atoms with E-state index in [0.717, 1.165) is 22.4 Å². The predicted molar refractivity (Wildman–Crippen MR) is 143 cm³/mol. The van der Waals surface area contributed by atoms with Gasteiger partial charge in [-0.05, 0) is 49.1 Å². The van der Waals surface area contributed by atoms with Gasteiger partial charge >= 0.3 is 5.91 Å². The van der Waals surface area contributed by atoms with Crippen LogP contribution in [0.4, 0.5) is 5.69 Å². The van der Waals surface area contributed by atoms with E-state index in [1.54, 1.807) is 29.1 Å². The van der Waals surface area contributed by atoms with Gasteiger partial charge in [0.05, 0.1) is 16.9 Å². The highest BCUT2D eigenvalue weighted by Gasteiger charge is 2.48. The van der Waals surface area contributed by atoms with E-state index in [4.69, 9.17) is 0 Å². The SMILES string of the molecule is CCc1cc[n+](C2=C(c3c(C(C)C)[nH]n(-c4ccccc4)c3=O)C(=O)N(c3ccc(C)cc3)C2=O)cc1. The number of pyridine rings is 1. The van der Waals surface area contributed by atoms with Crippen molar-refractivity contribution in [3.05, 3.63) is 112 Å². The lowest BCUT2D eigenvalue weighted by molar-refractivity contribution is -0.576. The summed E-state index contributed by atoms with van der Waals surface area (Å²) in [5, 5.41) is 3.21. The minimum atomic E-state index is -0.519. The summed E-state index contributed by atoms with van der Waals surface area (Å²) < 4.78 is 3.08. The summed E-state index contributed by atoms with van der Waals surface area (Å²) in [6.45, 7) is 7.89. The number of nitrogens with one attached hydrogen (secondary N) is 1. The van der Waals surface area contributed by atoms with Crippen LogP contribution in [0.5, 0.6) is 0 Å². The van der Waals surface area contributed by atoms with E-state index in [9.17, 15) is 14.4 Å². The van der Waals surface area contributed by atoms with Crippen molar-refractivity contribution in [3.8, 4) is 5.69 Å². The number of hydrogen-bond donors (Lipinski definition) is 1. The first-order valence-electron chi connectivity index (χ1n) is 12.4. The highest BCUT2D eigenvalue weighted by atomic mass is 16.2. The third-order valence-corrected chi connectivity index (χ3v) is 6.68. The van der Waals surface area contributed by atoms with Gasteiger partial charge in [0.25, 0.3) is 17.2 Å². The van der Waals surface area contributed by atoms with Crippen molar-refractivity contribution in [1.82, 2.24) is 9.78 Å². The molecule has 0 fully saturated rings. The van der Waals surface area contributed by atoms with Crippen LogP contribution in [0.1, 0.15) is 49.1 Å². The van der Waals surface area contributed by atoms with Crippen LogP contribution in [-0.4, -0.2) is 21.6 Å². The quantitative estimate of drug-likeness (QED) is 0.320. The highest BCUT2D eigenvalue weighted by Crippen LogP contribution is 2.35. The van der Waals surface area contributed by atoms with E-state index in [1.165, 1.54) is 4.68 Å². The Bertz CT molecular complexity index is 1570. The van der Waals surface area contributed by atoms with E-state index >= 15 is 0 Å². The molecule has 3 heterocycles. The van der Waals surface area contributed by atoms with Gasteiger partial charge in [-0.3, -0.25) is 19.5 Å². The van der Waals surface area contributed by atoms with Crippen molar-refractivity contribution in [2.24, 2.45) is 0 Å². The van der Waals surface area contributed by atoms with Crippen molar-refractivity contribution in [3.63, 3.8) is 0 Å². The standard InChI is InChI=1S/C30H28N4O3/c1-5-21-15-17-32(18-16-21)27-25(28(35)33(30(27)37)22-13-11-20(4)12-14-22)24-26(19(2)3)31-34(29(24)36)23-9-7-6-8-10-23/h6-19H,5H2,1-4H3/p+1. The second-order valence-electron chi connectivity index (χ2n) is 9.50. The average Bonchev–Trinajstić information content (AvgIpc) is 3.38. The topological polar surface area (TPSA) is 79.1 Å². The third kappa shape index (κ3) is 4.12. The number of anilines is 1. The van der Waals surface area contributed by atoms with Crippen LogP contribution in [0.2, 0.25) is 0 Å². The van der Waals surface area contributed by atoms with Gasteiger partial charge in [0.2, 0.25) is 0 Å². The van der Waals surface area contributed by atoms with Crippen LogP contribution in [0.15, 0.2) is 83.9 Å². The maximum absolute atomic E-state index is 14.1. The summed E-state index contributed by atoms with van der Waals surface area (Å²) in [6, 6.07) is 20.2. The summed E-state index contributed by atoms with van der Waals surface area (Å²) in [5.41, 5.74) is 3.92. The molecule has 2 aromatic carbocycles. The molecule has 1 aliphatic rings. The molecule has 7 heteroatoms. The lowest BCUT2D eigenvalue weighted by Crippen LogP contribution is -2.39. The molecule has 1 aliphatic heterocycles. The zero-order valence-corrected chi connectivity index (χ0v) is 21.4. The molecule has 4 aromatic rings. The van der Waals surface area contributed by atoms with Crippen LogP contribution in [-0.2, 0) is 16.0 Å². The summed E-state index contributed by atoms with van der Waals surface area (Å²) in [4.78, 5) is 43.0. The number of rotatable bonds is 6. The van der Waals surface area contributed by atoms with Crippen molar-refractivity contribution in [2.75, 3.05) is 4.90 Å². The number of carbonyl (C=O) groups excluding carboxylic acids is 2. The Morgan fingerprint density at radius 3 is 2.08 bits per heavy atom. The lowest BCUT2D eigenvalue weighted by atomic mass is 9.98. The molecule has 1 N–H and O–H groups in total. The Morgan fingerprint density at radius 1 is 0.838 bits per heavy atom. The molecule has 186 valence electrons. The molecular weight excluding hydrogens is 464 g/mol. The largest absolute Gasteiger partial charge is 0.331 e. The summed E-state index contributed by atoms with van der Waals surface area (Å²) >= 11 is 0. The van der Waals surface area contributed by atoms with Gasteiger partial charge in [-0.2, -0.15) is 4.57 Å². The number of amides is 2. The Hall–Kier alpha value is -4.52. The number of aryl methyl sites for hydroxylation is 2. The molecular formula is C30H29N4O3+. The van der Waals surface area contributed by atoms with Crippen molar-refractivity contribution < 1.29 is 14.2 Å². The first kappa shape index (κ1) is 24.2. The smallest absolute Gasteiger partial charge is 0.294 e. The Balaban J connectivity index is 1.79. The number of hydrogen-bond acceptors (Lipinski definition) is 3. The molecule has 0 spiro atoms. The number of carbonyl (C=O) groups is 2. The predicted octanol–water partition coefficient (Wildman–Crippen LogP) is 4.39. The van der Waals surface area contributed by atoms with E-state index in [1.807, 2.05) is 75.4 Å². The fourth-order valence-electron chi connectivity index (χ4n) is 4.63. The second-order valence-corrected chi connectivity index (χ2v) is 9.50. The van der Waals surface area contributed by atoms with Gasteiger partial charge in [0.1, 0.15) is 5.57 Å². The fourth-order valence-corrected chi connectivity index (χ4v) is 4.63. The summed E-state index contributed by atoms with van der Waals surface area (Å²) in [7, 11) is 0.